The molecule has 0 bridgehead atoms. The Kier molecular flexibility index (Phi) is 6.12. The molecule has 134 valence electrons. The van der Waals surface area contributed by atoms with E-state index in [1.54, 1.807) is 24.5 Å². The van der Waals surface area contributed by atoms with E-state index in [0.29, 0.717) is 30.3 Å². The number of anilines is 1. The summed E-state index contributed by atoms with van der Waals surface area (Å²) in [7, 11) is 0. The number of pyridine rings is 1. The van der Waals surface area contributed by atoms with Gasteiger partial charge in [-0.2, -0.15) is 5.26 Å². The van der Waals surface area contributed by atoms with Gasteiger partial charge in [0.15, 0.2) is 0 Å². The molecule has 1 fully saturated rings. The number of hydrogen-bond donors (Lipinski definition) is 1. The number of nitriles is 1. The van der Waals surface area contributed by atoms with Gasteiger partial charge < -0.3 is 10.2 Å². The molecule has 0 radical (unpaired) electrons. The van der Waals surface area contributed by atoms with Gasteiger partial charge in [0, 0.05) is 42.9 Å². The highest BCUT2D eigenvalue weighted by Gasteiger charge is 2.20. The molecule has 0 aromatic carbocycles. The lowest BCUT2D eigenvalue weighted by atomic mass is 10.0. The topological polar surface area (TPSA) is 94.8 Å². The van der Waals surface area contributed by atoms with E-state index in [9.17, 15) is 10.1 Å². The molecule has 2 aromatic heterocycles. The molecule has 26 heavy (non-hydrogen) atoms. The fourth-order valence-electron chi connectivity index (χ4n) is 2.91. The number of hydrogen-bond acceptors (Lipinski definition) is 6. The number of halogens is 1. The van der Waals surface area contributed by atoms with E-state index in [4.69, 9.17) is 0 Å². The van der Waals surface area contributed by atoms with Crippen LogP contribution < -0.4 is 5.32 Å². The third-order valence-corrected chi connectivity index (χ3v) is 4.89. The monoisotopic (exact) mass is 414 g/mol. The first kappa shape index (κ1) is 18.3. The Morgan fingerprint density at radius 3 is 2.96 bits per heavy atom. The Balaban J connectivity index is 1.61. The lowest BCUT2D eigenvalue weighted by molar-refractivity contribution is -0.127. The highest BCUT2D eigenvalue weighted by molar-refractivity contribution is 9.10. The van der Waals surface area contributed by atoms with E-state index < -0.39 is 5.92 Å². The molecule has 0 aliphatic carbocycles. The van der Waals surface area contributed by atoms with Crippen LogP contribution in [-0.4, -0.2) is 45.4 Å². The minimum Gasteiger partial charge on any atom is -0.354 e. The van der Waals surface area contributed by atoms with Gasteiger partial charge in [0.05, 0.1) is 17.5 Å². The molecule has 1 atom stereocenters. The third kappa shape index (κ3) is 4.35. The Bertz CT molecular complexity index is 821. The summed E-state index contributed by atoms with van der Waals surface area (Å²) in [6.45, 7) is 2.26. The SMILES string of the molecule is N#CC(c1ccnc(NCCCN2CCCC2=O)n1)c1ncccc1Br. The molecule has 1 aliphatic heterocycles. The number of nitrogens with one attached hydrogen (secondary N) is 1. The van der Waals surface area contributed by atoms with Gasteiger partial charge in [0.1, 0.15) is 5.92 Å². The van der Waals surface area contributed by atoms with Crippen molar-refractivity contribution in [3.63, 3.8) is 0 Å². The maximum Gasteiger partial charge on any atom is 0.222 e. The molecule has 0 spiro atoms. The normalized spacial score (nSPS) is 14.9. The predicted molar refractivity (Wildman–Crippen MR) is 100 cm³/mol. The van der Waals surface area contributed by atoms with Crippen LogP contribution in [0.3, 0.4) is 0 Å². The van der Waals surface area contributed by atoms with Crippen LogP contribution >= 0.6 is 15.9 Å². The van der Waals surface area contributed by atoms with Crippen molar-refractivity contribution in [2.45, 2.75) is 25.2 Å². The summed E-state index contributed by atoms with van der Waals surface area (Å²) in [5, 5.41) is 12.7. The molecule has 1 amide bonds. The van der Waals surface area contributed by atoms with Gasteiger partial charge in [-0.1, -0.05) is 0 Å². The first-order chi connectivity index (χ1) is 12.7. The zero-order valence-electron chi connectivity index (χ0n) is 14.2. The second kappa shape index (κ2) is 8.72. The maximum atomic E-state index is 11.6. The molecule has 3 heterocycles. The van der Waals surface area contributed by atoms with Crippen molar-refractivity contribution in [1.82, 2.24) is 19.9 Å². The van der Waals surface area contributed by atoms with Gasteiger partial charge in [0.2, 0.25) is 11.9 Å². The largest absolute Gasteiger partial charge is 0.354 e. The summed E-state index contributed by atoms with van der Waals surface area (Å²) < 4.78 is 0.773. The Hall–Kier alpha value is -2.53. The minimum absolute atomic E-state index is 0.237. The number of aromatic nitrogens is 3. The number of amides is 1. The smallest absolute Gasteiger partial charge is 0.222 e. The number of nitrogens with zero attached hydrogens (tertiary/aromatic N) is 5. The third-order valence-electron chi connectivity index (χ3n) is 4.22. The second-order valence-electron chi connectivity index (χ2n) is 6.00. The summed E-state index contributed by atoms with van der Waals surface area (Å²) in [5.74, 6) is 0.139. The van der Waals surface area contributed by atoms with Crippen molar-refractivity contribution >= 4 is 27.8 Å². The lowest BCUT2D eigenvalue weighted by Crippen LogP contribution is -2.27. The van der Waals surface area contributed by atoms with E-state index in [1.165, 1.54) is 0 Å². The quantitative estimate of drug-likeness (QED) is 0.699. The van der Waals surface area contributed by atoms with E-state index in [0.717, 1.165) is 30.4 Å². The van der Waals surface area contributed by atoms with Crippen molar-refractivity contribution in [3.05, 3.63) is 46.5 Å². The molecule has 2 aromatic rings. The highest BCUT2D eigenvalue weighted by atomic mass is 79.9. The van der Waals surface area contributed by atoms with Crippen LogP contribution in [0.25, 0.3) is 0 Å². The molecule has 7 nitrogen and oxygen atoms in total. The van der Waals surface area contributed by atoms with Crippen molar-refractivity contribution < 1.29 is 4.79 Å². The molecule has 1 N–H and O–H groups in total. The molecule has 1 aliphatic rings. The summed E-state index contributed by atoms with van der Waals surface area (Å²) in [6, 6.07) is 7.64. The van der Waals surface area contributed by atoms with E-state index >= 15 is 0 Å². The van der Waals surface area contributed by atoms with Gasteiger partial charge in [-0.25, -0.2) is 9.97 Å². The zero-order chi connectivity index (χ0) is 18.4. The van der Waals surface area contributed by atoms with Gasteiger partial charge in [-0.15, -0.1) is 0 Å². The average Bonchev–Trinajstić information content (AvgIpc) is 3.06. The summed E-state index contributed by atoms with van der Waals surface area (Å²) in [6.07, 6.45) is 5.74. The number of likely N-dealkylation sites (tertiary alicyclic amines) is 1. The fraction of sp³-hybridized carbons (Fsp3) is 0.389. The van der Waals surface area contributed by atoms with Crippen molar-refractivity contribution in [1.29, 1.82) is 5.26 Å². The van der Waals surface area contributed by atoms with Crippen LogP contribution in [-0.2, 0) is 4.79 Å². The van der Waals surface area contributed by atoms with Crippen LogP contribution in [0, 0.1) is 11.3 Å². The van der Waals surface area contributed by atoms with Crippen molar-refractivity contribution in [3.8, 4) is 6.07 Å². The summed E-state index contributed by atoms with van der Waals surface area (Å²) >= 11 is 3.44. The number of carbonyl (C=O) groups excluding carboxylic acids is 1. The van der Waals surface area contributed by atoms with Gasteiger partial charge in [0.25, 0.3) is 0 Å². The van der Waals surface area contributed by atoms with Gasteiger partial charge in [-0.3, -0.25) is 9.78 Å². The molecule has 8 heteroatoms. The maximum absolute atomic E-state index is 11.6. The Morgan fingerprint density at radius 1 is 1.35 bits per heavy atom. The second-order valence-corrected chi connectivity index (χ2v) is 6.86. The molecule has 0 saturated carbocycles. The highest BCUT2D eigenvalue weighted by Crippen LogP contribution is 2.27. The van der Waals surface area contributed by atoms with Crippen LogP contribution in [0.2, 0.25) is 0 Å². The zero-order valence-corrected chi connectivity index (χ0v) is 15.8. The molecule has 3 rings (SSSR count). The summed E-state index contributed by atoms with van der Waals surface area (Å²) in [4.78, 5) is 26.5. The van der Waals surface area contributed by atoms with Gasteiger partial charge >= 0.3 is 0 Å². The molecule has 1 unspecified atom stereocenters. The van der Waals surface area contributed by atoms with Crippen molar-refractivity contribution in [2.75, 3.05) is 25.0 Å². The molecule has 1 saturated heterocycles. The first-order valence-corrected chi connectivity index (χ1v) is 9.33. The number of carbonyl (C=O) groups is 1. The Labute approximate surface area is 160 Å². The number of rotatable bonds is 7. The van der Waals surface area contributed by atoms with E-state index in [1.807, 2.05) is 11.0 Å². The minimum atomic E-state index is -0.573. The lowest BCUT2D eigenvalue weighted by Gasteiger charge is -2.15. The van der Waals surface area contributed by atoms with Crippen LogP contribution in [0.15, 0.2) is 35.1 Å². The standard InChI is InChI=1S/C18H19BrN6O/c19-14-4-1-7-21-17(14)13(12-20)15-6-9-23-18(24-15)22-8-3-11-25-10-2-5-16(25)26/h1,4,6-7,9,13H,2-3,5,8,10-11H2,(H,22,23,24). The van der Waals surface area contributed by atoms with Crippen LogP contribution in [0.4, 0.5) is 5.95 Å². The molecular weight excluding hydrogens is 396 g/mol. The van der Waals surface area contributed by atoms with Crippen molar-refractivity contribution in [2.24, 2.45) is 0 Å². The summed E-state index contributed by atoms with van der Waals surface area (Å²) in [5.41, 5.74) is 1.23. The van der Waals surface area contributed by atoms with E-state index in [-0.39, 0.29) is 5.91 Å². The van der Waals surface area contributed by atoms with E-state index in [2.05, 4.69) is 42.3 Å². The molecular formula is C18H19BrN6O. The van der Waals surface area contributed by atoms with Crippen LogP contribution in [0.5, 0.6) is 0 Å². The fourth-order valence-corrected chi connectivity index (χ4v) is 3.39. The van der Waals surface area contributed by atoms with Crippen LogP contribution in [0.1, 0.15) is 36.6 Å². The Morgan fingerprint density at radius 2 is 2.23 bits per heavy atom. The van der Waals surface area contributed by atoms with Gasteiger partial charge in [-0.05, 0) is 47.0 Å². The first-order valence-electron chi connectivity index (χ1n) is 8.53. The predicted octanol–water partition coefficient (Wildman–Crippen LogP) is 2.71. The average molecular weight is 415 g/mol.